The van der Waals surface area contributed by atoms with Gasteiger partial charge in [-0.1, -0.05) is 24.3 Å². The molecule has 2 atom stereocenters. The van der Waals surface area contributed by atoms with Crippen LogP contribution in [0.15, 0.2) is 42.5 Å². The molecule has 3 nitrogen and oxygen atoms in total. The van der Waals surface area contributed by atoms with E-state index in [-0.39, 0.29) is 18.0 Å². The molecule has 0 saturated heterocycles. The average molecular weight is 273 g/mol. The summed E-state index contributed by atoms with van der Waals surface area (Å²) in [6, 6.07) is 12.0. The van der Waals surface area contributed by atoms with Gasteiger partial charge < -0.3 is 15.2 Å². The lowest BCUT2D eigenvalue weighted by Gasteiger charge is -2.31. The number of methoxy groups -OCH3 is 1. The predicted octanol–water partition coefficient (Wildman–Crippen LogP) is 3.36. The molecule has 0 amide bonds. The number of nitrogens with two attached hydrogens (primary N) is 1. The Balaban J connectivity index is 1.98. The molecule has 1 aliphatic heterocycles. The van der Waals surface area contributed by atoms with Gasteiger partial charge in [0.05, 0.1) is 7.11 Å². The van der Waals surface area contributed by atoms with Crippen LogP contribution in [0.3, 0.4) is 0 Å². The van der Waals surface area contributed by atoms with E-state index in [9.17, 15) is 4.39 Å². The highest BCUT2D eigenvalue weighted by molar-refractivity contribution is 5.42. The Kier molecular flexibility index (Phi) is 3.32. The normalized spacial score (nSPS) is 20.9. The number of fused-ring (bicyclic) bond motifs is 1. The lowest BCUT2D eigenvalue weighted by molar-refractivity contribution is 0.157. The molecule has 4 heteroatoms. The summed E-state index contributed by atoms with van der Waals surface area (Å²) >= 11 is 0. The fourth-order valence-electron chi connectivity index (χ4n) is 2.60. The highest BCUT2D eigenvalue weighted by Gasteiger charge is 2.29. The van der Waals surface area contributed by atoms with E-state index in [1.165, 1.54) is 12.1 Å². The monoisotopic (exact) mass is 273 g/mol. The van der Waals surface area contributed by atoms with Crippen molar-refractivity contribution in [1.82, 2.24) is 0 Å². The minimum absolute atomic E-state index is 0.172. The second-order valence-corrected chi connectivity index (χ2v) is 4.87. The molecule has 0 saturated carbocycles. The average Bonchev–Trinajstić information content (AvgIpc) is 2.46. The van der Waals surface area contributed by atoms with E-state index < -0.39 is 0 Å². The Morgan fingerprint density at radius 2 is 2.00 bits per heavy atom. The third kappa shape index (κ3) is 2.23. The van der Waals surface area contributed by atoms with Crippen LogP contribution in [-0.4, -0.2) is 7.11 Å². The second-order valence-electron chi connectivity index (χ2n) is 4.87. The van der Waals surface area contributed by atoms with E-state index in [4.69, 9.17) is 15.2 Å². The van der Waals surface area contributed by atoms with Crippen LogP contribution in [-0.2, 0) is 0 Å². The van der Waals surface area contributed by atoms with Crippen molar-refractivity contribution in [2.75, 3.05) is 7.11 Å². The topological polar surface area (TPSA) is 44.5 Å². The predicted molar refractivity (Wildman–Crippen MR) is 74.3 cm³/mol. The molecule has 2 aromatic carbocycles. The molecule has 0 radical (unpaired) electrons. The summed E-state index contributed by atoms with van der Waals surface area (Å²) in [6.07, 6.45) is 0.411. The highest BCUT2D eigenvalue weighted by Crippen LogP contribution is 2.42. The molecule has 0 fully saturated rings. The first-order valence-electron chi connectivity index (χ1n) is 6.53. The van der Waals surface area contributed by atoms with Gasteiger partial charge in [0.15, 0.2) is 0 Å². The first kappa shape index (κ1) is 12.9. The second kappa shape index (κ2) is 5.13. The van der Waals surface area contributed by atoms with Gasteiger partial charge in [-0.25, -0.2) is 4.39 Å². The molecule has 20 heavy (non-hydrogen) atoms. The van der Waals surface area contributed by atoms with Crippen LogP contribution in [0.2, 0.25) is 0 Å². The van der Waals surface area contributed by atoms with Crippen molar-refractivity contribution in [3.05, 3.63) is 59.4 Å². The van der Waals surface area contributed by atoms with Gasteiger partial charge in [-0.2, -0.15) is 0 Å². The summed E-state index contributed by atoms with van der Waals surface area (Å²) in [4.78, 5) is 0. The minimum Gasteiger partial charge on any atom is -0.496 e. The quantitative estimate of drug-likeness (QED) is 0.912. The zero-order chi connectivity index (χ0) is 14.1. The van der Waals surface area contributed by atoms with Crippen LogP contribution >= 0.6 is 0 Å². The zero-order valence-electron chi connectivity index (χ0n) is 11.2. The van der Waals surface area contributed by atoms with Crippen LogP contribution in [0.4, 0.5) is 4.39 Å². The van der Waals surface area contributed by atoms with Crippen LogP contribution in [0, 0.1) is 5.82 Å². The molecule has 1 aliphatic rings. The lowest BCUT2D eigenvalue weighted by atomic mass is 9.93. The number of para-hydroxylation sites is 1. The maximum atomic E-state index is 13.4. The molecule has 0 spiro atoms. The van der Waals surface area contributed by atoms with Gasteiger partial charge in [-0.05, 0) is 12.1 Å². The molecule has 0 aromatic heterocycles. The minimum atomic E-state index is -0.323. The Bertz CT molecular complexity index is 630. The molecule has 2 unspecified atom stereocenters. The first-order chi connectivity index (χ1) is 9.69. The van der Waals surface area contributed by atoms with Crippen molar-refractivity contribution in [2.24, 2.45) is 5.73 Å². The van der Waals surface area contributed by atoms with Gasteiger partial charge >= 0.3 is 0 Å². The molecule has 0 aliphatic carbocycles. The number of ether oxygens (including phenoxy) is 2. The van der Waals surface area contributed by atoms with Crippen molar-refractivity contribution in [3.8, 4) is 11.5 Å². The van der Waals surface area contributed by atoms with Crippen molar-refractivity contribution >= 4 is 0 Å². The van der Waals surface area contributed by atoms with Crippen LogP contribution in [0.5, 0.6) is 11.5 Å². The number of hydrogen-bond donors (Lipinski definition) is 1. The molecular formula is C16H16FNO2. The maximum Gasteiger partial charge on any atom is 0.129 e. The van der Waals surface area contributed by atoms with Crippen LogP contribution in [0.1, 0.15) is 29.7 Å². The summed E-state index contributed by atoms with van der Waals surface area (Å²) in [5, 5.41) is 0. The maximum absolute atomic E-state index is 13.4. The molecule has 3 rings (SSSR count). The fraction of sp³-hybridized carbons (Fsp3) is 0.250. The van der Waals surface area contributed by atoms with Crippen molar-refractivity contribution in [2.45, 2.75) is 18.6 Å². The van der Waals surface area contributed by atoms with E-state index in [1.807, 2.05) is 24.3 Å². The highest BCUT2D eigenvalue weighted by atomic mass is 19.1. The van der Waals surface area contributed by atoms with Gasteiger partial charge in [-0.15, -0.1) is 0 Å². The number of hydrogen-bond acceptors (Lipinski definition) is 3. The van der Waals surface area contributed by atoms with E-state index in [0.29, 0.717) is 12.2 Å². The van der Waals surface area contributed by atoms with E-state index in [0.717, 1.165) is 16.9 Å². The summed E-state index contributed by atoms with van der Waals surface area (Å²) in [7, 11) is 1.62. The van der Waals surface area contributed by atoms with Gasteiger partial charge in [0, 0.05) is 29.7 Å². The number of halogens is 1. The van der Waals surface area contributed by atoms with E-state index >= 15 is 0 Å². The standard InChI is InChI=1S/C16H16FNO2/c1-19-14-5-3-2-4-12(14)16-9-13(18)11-7-6-10(17)8-15(11)20-16/h2-8,13,16H,9,18H2,1H3. The molecule has 2 aromatic rings. The summed E-state index contributed by atoms with van der Waals surface area (Å²) in [5.74, 6) is 0.945. The fourth-order valence-corrected chi connectivity index (χ4v) is 2.60. The summed E-state index contributed by atoms with van der Waals surface area (Å²) in [6.45, 7) is 0. The molecule has 0 bridgehead atoms. The SMILES string of the molecule is COc1ccccc1C1CC(N)c2ccc(F)cc2O1. The van der Waals surface area contributed by atoms with Crippen molar-refractivity contribution < 1.29 is 13.9 Å². The van der Waals surface area contributed by atoms with Crippen LogP contribution in [0.25, 0.3) is 0 Å². The van der Waals surface area contributed by atoms with Crippen LogP contribution < -0.4 is 15.2 Å². The number of rotatable bonds is 2. The third-order valence-corrected chi connectivity index (χ3v) is 3.60. The van der Waals surface area contributed by atoms with Gasteiger partial charge in [0.2, 0.25) is 0 Å². The largest absolute Gasteiger partial charge is 0.496 e. The van der Waals surface area contributed by atoms with Gasteiger partial charge in [0.1, 0.15) is 23.4 Å². The van der Waals surface area contributed by atoms with Gasteiger partial charge in [-0.3, -0.25) is 0 Å². The van der Waals surface area contributed by atoms with Gasteiger partial charge in [0.25, 0.3) is 0 Å². The third-order valence-electron chi connectivity index (χ3n) is 3.60. The summed E-state index contributed by atoms with van der Waals surface area (Å²) < 4.78 is 24.6. The Morgan fingerprint density at radius 3 is 2.80 bits per heavy atom. The Hall–Kier alpha value is -2.07. The first-order valence-corrected chi connectivity index (χ1v) is 6.53. The molecular weight excluding hydrogens is 257 g/mol. The van der Waals surface area contributed by atoms with E-state index in [2.05, 4.69) is 0 Å². The smallest absolute Gasteiger partial charge is 0.129 e. The van der Waals surface area contributed by atoms with Crippen molar-refractivity contribution in [1.29, 1.82) is 0 Å². The molecule has 2 N–H and O–H groups in total. The molecule has 1 heterocycles. The Morgan fingerprint density at radius 1 is 1.20 bits per heavy atom. The lowest BCUT2D eigenvalue weighted by Crippen LogP contribution is -2.24. The molecule has 104 valence electrons. The summed E-state index contributed by atoms with van der Waals surface area (Å²) in [5.41, 5.74) is 7.95. The number of benzene rings is 2. The van der Waals surface area contributed by atoms with Crippen molar-refractivity contribution in [3.63, 3.8) is 0 Å². The van der Waals surface area contributed by atoms with E-state index in [1.54, 1.807) is 13.2 Å². The zero-order valence-corrected chi connectivity index (χ0v) is 11.2. The Labute approximate surface area is 117 Å².